The standard InChI is InChI=1S/C30H46N2/c1-3-5-7-9-11-13-16-21-27-22-20-26-30(32-31-28-23-17-15-18-24-28)29(27)25-19-14-12-10-8-6-4-2/h15,17-18,20,22-24,26H,3-14,16,19,21,25H2,1-2H3. The molecule has 0 bridgehead atoms. The molecule has 176 valence electrons. The van der Waals surface area contributed by atoms with Gasteiger partial charge in [-0.25, -0.2) is 0 Å². The molecule has 0 aliphatic heterocycles. The number of rotatable bonds is 18. The molecular weight excluding hydrogens is 388 g/mol. The monoisotopic (exact) mass is 434 g/mol. The van der Waals surface area contributed by atoms with Gasteiger partial charge in [0.15, 0.2) is 0 Å². The van der Waals surface area contributed by atoms with E-state index < -0.39 is 0 Å². The maximum atomic E-state index is 4.68. The van der Waals surface area contributed by atoms with E-state index in [1.54, 1.807) is 0 Å². The quantitative estimate of drug-likeness (QED) is 0.165. The van der Waals surface area contributed by atoms with Gasteiger partial charge in [0.05, 0.1) is 11.4 Å². The van der Waals surface area contributed by atoms with Crippen LogP contribution in [0.15, 0.2) is 58.8 Å². The van der Waals surface area contributed by atoms with Crippen LogP contribution < -0.4 is 0 Å². The zero-order valence-electron chi connectivity index (χ0n) is 20.8. The van der Waals surface area contributed by atoms with Crippen molar-refractivity contribution in [1.29, 1.82) is 0 Å². The predicted octanol–water partition coefficient (Wildman–Crippen LogP) is 10.7. The third kappa shape index (κ3) is 11.1. The average molecular weight is 435 g/mol. The van der Waals surface area contributed by atoms with Gasteiger partial charge >= 0.3 is 0 Å². The number of unbranched alkanes of at least 4 members (excludes halogenated alkanes) is 12. The Balaban J connectivity index is 1.95. The molecule has 2 heteroatoms. The third-order valence-electron chi connectivity index (χ3n) is 6.36. The van der Waals surface area contributed by atoms with Gasteiger partial charge in [-0.3, -0.25) is 0 Å². The van der Waals surface area contributed by atoms with Crippen molar-refractivity contribution in [2.24, 2.45) is 10.2 Å². The van der Waals surface area contributed by atoms with Crippen molar-refractivity contribution in [1.82, 2.24) is 0 Å². The summed E-state index contributed by atoms with van der Waals surface area (Å²) in [5.74, 6) is 0. The summed E-state index contributed by atoms with van der Waals surface area (Å²) < 4.78 is 0. The van der Waals surface area contributed by atoms with Gasteiger partial charge in [0.25, 0.3) is 0 Å². The molecule has 0 aliphatic carbocycles. The van der Waals surface area contributed by atoms with E-state index in [1.807, 2.05) is 30.3 Å². The molecule has 0 radical (unpaired) electrons. The van der Waals surface area contributed by atoms with Crippen molar-refractivity contribution in [3.8, 4) is 0 Å². The van der Waals surface area contributed by atoms with Gasteiger partial charge in [-0.1, -0.05) is 121 Å². The second-order valence-corrected chi connectivity index (χ2v) is 9.19. The highest BCUT2D eigenvalue weighted by molar-refractivity contribution is 5.51. The molecule has 32 heavy (non-hydrogen) atoms. The Bertz CT molecular complexity index is 736. The first kappa shape index (κ1) is 26.3. The number of hydrogen-bond acceptors (Lipinski definition) is 2. The normalized spacial score (nSPS) is 11.4. The Hall–Kier alpha value is -1.96. The van der Waals surface area contributed by atoms with Gasteiger partial charge < -0.3 is 0 Å². The number of hydrogen-bond donors (Lipinski definition) is 0. The molecule has 2 nitrogen and oxygen atoms in total. The Morgan fingerprint density at radius 3 is 1.69 bits per heavy atom. The zero-order chi connectivity index (χ0) is 22.7. The van der Waals surface area contributed by atoms with Crippen molar-refractivity contribution in [3.05, 3.63) is 59.7 Å². The lowest BCUT2D eigenvalue weighted by Gasteiger charge is -2.12. The molecule has 0 fully saturated rings. The highest BCUT2D eigenvalue weighted by atomic mass is 15.1. The molecule has 0 saturated heterocycles. The van der Waals surface area contributed by atoms with Gasteiger partial charge in [0.2, 0.25) is 0 Å². The van der Waals surface area contributed by atoms with Gasteiger partial charge in [0, 0.05) is 0 Å². The van der Waals surface area contributed by atoms with Crippen molar-refractivity contribution in [3.63, 3.8) is 0 Å². The SMILES string of the molecule is CCCCCCCCCc1cccc(N=Nc2ccccc2)c1CCCCCCCCC. The Kier molecular flexibility index (Phi) is 14.4. The molecule has 0 atom stereocenters. The lowest BCUT2D eigenvalue weighted by atomic mass is 9.95. The molecule has 2 aromatic carbocycles. The Morgan fingerprint density at radius 2 is 1.06 bits per heavy atom. The van der Waals surface area contributed by atoms with E-state index in [2.05, 4.69) is 42.3 Å². The van der Waals surface area contributed by atoms with E-state index in [9.17, 15) is 0 Å². The van der Waals surface area contributed by atoms with E-state index in [-0.39, 0.29) is 0 Å². The van der Waals surface area contributed by atoms with Crippen LogP contribution >= 0.6 is 0 Å². The Labute approximate surface area is 198 Å². The molecule has 2 rings (SSSR count). The first-order valence-corrected chi connectivity index (χ1v) is 13.4. The average Bonchev–Trinajstić information content (AvgIpc) is 2.83. The fourth-order valence-electron chi connectivity index (χ4n) is 4.38. The fraction of sp³-hybridized carbons (Fsp3) is 0.600. The summed E-state index contributed by atoms with van der Waals surface area (Å²) in [6, 6.07) is 16.7. The third-order valence-corrected chi connectivity index (χ3v) is 6.36. The lowest BCUT2D eigenvalue weighted by Crippen LogP contribution is -1.96. The highest BCUT2D eigenvalue weighted by Gasteiger charge is 2.09. The minimum absolute atomic E-state index is 0.923. The zero-order valence-corrected chi connectivity index (χ0v) is 20.8. The van der Waals surface area contributed by atoms with Crippen LogP contribution in [0.3, 0.4) is 0 Å². The van der Waals surface area contributed by atoms with Crippen LogP contribution in [0.1, 0.15) is 115 Å². The van der Waals surface area contributed by atoms with Crippen molar-refractivity contribution in [2.45, 2.75) is 117 Å². The second kappa shape index (κ2) is 17.6. The summed E-state index contributed by atoms with van der Waals surface area (Å²) in [5.41, 5.74) is 4.92. The van der Waals surface area contributed by atoms with Gasteiger partial charge in [0.1, 0.15) is 0 Å². The van der Waals surface area contributed by atoms with E-state index >= 15 is 0 Å². The molecule has 0 saturated carbocycles. The van der Waals surface area contributed by atoms with E-state index in [1.165, 1.54) is 107 Å². The summed E-state index contributed by atoms with van der Waals surface area (Å²) in [5, 5.41) is 9.20. The number of benzene rings is 2. The summed E-state index contributed by atoms with van der Waals surface area (Å²) >= 11 is 0. The Morgan fingerprint density at radius 1 is 0.500 bits per heavy atom. The van der Waals surface area contributed by atoms with Crippen molar-refractivity contribution < 1.29 is 0 Å². The first-order chi connectivity index (χ1) is 15.8. The topological polar surface area (TPSA) is 24.7 Å². The first-order valence-electron chi connectivity index (χ1n) is 13.4. The largest absolute Gasteiger partial charge is 0.151 e. The summed E-state index contributed by atoms with van der Waals surface area (Å²) in [6.07, 6.45) is 21.2. The van der Waals surface area contributed by atoms with Gasteiger partial charge in [-0.05, 0) is 55.0 Å². The van der Waals surface area contributed by atoms with Crippen LogP contribution in [0.4, 0.5) is 11.4 Å². The molecular formula is C30H46N2. The van der Waals surface area contributed by atoms with E-state index in [0.717, 1.165) is 17.8 Å². The summed E-state index contributed by atoms with van der Waals surface area (Å²) in [7, 11) is 0. The maximum absolute atomic E-state index is 4.68. The lowest BCUT2D eigenvalue weighted by molar-refractivity contribution is 0.583. The molecule has 0 spiro atoms. The minimum Gasteiger partial charge on any atom is -0.151 e. The van der Waals surface area contributed by atoms with Crippen LogP contribution in [0.5, 0.6) is 0 Å². The second-order valence-electron chi connectivity index (χ2n) is 9.19. The van der Waals surface area contributed by atoms with Crippen LogP contribution in [0.25, 0.3) is 0 Å². The molecule has 2 aromatic rings. The van der Waals surface area contributed by atoms with Crippen molar-refractivity contribution in [2.75, 3.05) is 0 Å². The molecule has 0 amide bonds. The van der Waals surface area contributed by atoms with Crippen molar-refractivity contribution >= 4 is 11.4 Å². The molecule has 0 heterocycles. The van der Waals surface area contributed by atoms with Gasteiger partial charge in [-0.15, -0.1) is 0 Å². The highest BCUT2D eigenvalue weighted by Crippen LogP contribution is 2.29. The molecule has 0 N–H and O–H groups in total. The van der Waals surface area contributed by atoms with Crippen LogP contribution in [-0.2, 0) is 12.8 Å². The van der Waals surface area contributed by atoms with E-state index in [0.29, 0.717) is 0 Å². The van der Waals surface area contributed by atoms with Crippen LogP contribution in [0, 0.1) is 0 Å². The summed E-state index contributed by atoms with van der Waals surface area (Å²) in [6.45, 7) is 4.57. The number of aryl methyl sites for hydroxylation is 1. The predicted molar refractivity (Wildman–Crippen MR) is 140 cm³/mol. The fourth-order valence-corrected chi connectivity index (χ4v) is 4.38. The van der Waals surface area contributed by atoms with Gasteiger partial charge in [-0.2, -0.15) is 10.2 Å². The minimum atomic E-state index is 0.923. The maximum Gasteiger partial charge on any atom is 0.0891 e. The molecule has 0 unspecified atom stereocenters. The molecule has 0 aromatic heterocycles. The summed E-state index contributed by atoms with van der Waals surface area (Å²) in [4.78, 5) is 0. The van der Waals surface area contributed by atoms with E-state index in [4.69, 9.17) is 0 Å². The smallest absolute Gasteiger partial charge is 0.0891 e. The molecule has 0 aliphatic rings. The number of azo groups is 1. The van der Waals surface area contributed by atoms with Crippen LogP contribution in [0.2, 0.25) is 0 Å². The number of nitrogens with zero attached hydrogens (tertiary/aromatic N) is 2. The van der Waals surface area contributed by atoms with Crippen LogP contribution in [-0.4, -0.2) is 0 Å².